The minimum atomic E-state index is -0.568. The summed E-state index contributed by atoms with van der Waals surface area (Å²) in [7, 11) is 0. The van der Waals surface area contributed by atoms with Crippen molar-refractivity contribution in [2.24, 2.45) is 11.8 Å². The van der Waals surface area contributed by atoms with Crippen molar-refractivity contribution < 1.29 is 9.53 Å². The minimum Gasteiger partial charge on any atom is -0.465 e. The SMILES string of the molecule is CCOC(=O)C(C)(CCCN1CC(C)C(C)C1)NC(C)C. The molecule has 1 heterocycles. The van der Waals surface area contributed by atoms with E-state index in [1.165, 1.54) is 13.1 Å². The molecule has 1 aliphatic rings. The number of carbonyl (C=O) groups excluding carboxylic acids is 1. The Balaban J connectivity index is 2.48. The van der Waals surface area contributed by atoms with Crippen LogP contribution in [-0.4, -0.2) is 48.7 Å². The Morgan fingerprint density at radius 3 is 2.38 bits per heavy atom. The van der Waals surface area contributed by atoms with Gasteiger partial charge in [0.25, 0.3) is 0 Å². The van der Waals surface area contributed by atoms with Crippen LogP contribution >= 0.6 is 0 Å². The van der Waals surface area contributed by atoms with Gasteiger partial charge in [-0.1, -0.05) is 13.8 Å². The van der Waals surface area contributed by atoms with Crippen LogP contribution < -0.4 is 5.32 Å². The Labute approximate surface area is 130 Å². The smallest absolute Gasteiger partial charge is 0.326 e. The van der Waals surface area contributed by atoms with Crippen LogP contribution in [0.2, 0.25) is 0 Å². The first-order chi connectivity index (χ1) is 9.78. The molecule has 0 aromatic heterocycles. The van der Waals surface area contributed by atoms with Gasteiger partial charge in [0.15, 0.2) is 0 Å². The second kappa shape index (κ2) is 8.14. The molecule has 1 N–H and O–H groups in total. The first-order valence-corrected chi connectivity index (χ1v) is 8.45. The average molecular weight is 298 g/mol. The zero-order valence-electron chi connectivity index (χ0n) is 14.7. The van der Waals surface area contributed by atoms with E-state index in [1.54, 1.807) is 0 Å². The second-order valence-electron chi connectivity index (χ2n) is 7.17. The summed E-state index contributed by atoms with van der Waals surface area (Å²) >= 11 is 0. The molecule has 1 aliphatic heterocycles. The lowest BCUT2D eigenvalue weighted by molar-refractivity contribution is -0.151. The third-order valence-corrected chi connectivity index (χ3v) is 4.55. The summed E-state index contributed by atoms with van der Waals surface area (Å²) in [5.74, 6) is 1.45. The summed E-state index contributed by atoms with van der Waals surface area (Å²) in [5.41, 5.74) is -0.568. The summed E-state index contributed by atoms with van der Waals surface area (Å²) < 4.78 is 5.25. The Kier molecular flexibility index (Phi) is 7.14. The van der Waals surface area contributed by atoms with Crippen molar-refractivity contribution in [3.05, 3.63) is 0 Å². The molecule has 4 heteroatoms. The number of hydrogen-bond donors (Lipinski definition) is 1. The standard InChI is InChI=1S/C17H34N2O2/c1-7-21-16(20)17(6,18-13(2)3)9-8-10-19-11-14(4)15(5)12-19/h13-15,18H,7-12H2,1-6H3. The fourth-order valence-corrected chi connectivity index (χ4v) is 3.25. The van der Waals surface area contributed by atoms with Crippen molar-refractivity contribution in [1.29, 1.82) is 0 Å². The summed E-state index contributed by atoms with van der Waals surface area (Å²) in [4.78, 5) is 14.8. The highest BCUT2D eigenvalue weighted by atomic mass is 16.5. The number of carbonyl (C=O) groups is 1. The normalized spacial score (nSPS) is 26.0. The molecule has 0 aromatic carbocycles. The zero-order chi connectivity index (χ0) is 16.0. The number of likely N-dealkylation sites (tertiary alicyclic amines) is 1. The van der Waals surface area contributed by atoms with Gasteiger partial charge in [-0.05, 0) is 58.9 Å². The van der Waals surface area contributed by atoms with E-state index in [-0.39, 0.29) is 12.0 Å². The van der Waals surface area contributed by atoms with Crippen molar-refractivity contribution >= 4 is 5.97 Å². The largest absolute Gasteiger partial charge is 0.465 e. The highest BCUT2D eigenvalue weighted by molar-refractivity contribution is 5.80. The predicted molar refractivity (Wildman–Crippen MR) is 87.3 cm³/mol. The molecule has 0 bridgehead atoms. The Morgan fingerprint density at radius 1 is 1.33 bits per heavy atom. The molecule has 21 heavy (non-hydrogen) atoms. The van der Waals surface area contributed by atoms with Gasteiger partial charge < -0.3 is 9.64 Å². The maximum atomic E-state index is 12.2. The predicted octanol–water partition coefficient (Wildman–Crippen LogP) is 2.67. The van der Waals surface area contributed by atoms with Crippen molar-refractivity contribution in [3.63, 3.8) is 0 Å². The lowest BCUT2D eigenvalue weighted by Gasteiger charge is -2.31. The van der Waals surface area contributed by atoms with E-state index in [9.17, 15) is 4.79 Å². The van der Waals surface area contributed by atoms with E-state index in [0.717, 1.165) is 31.2 Å². The Morgan fingerprint density at radius 2 is 1.90 bits per heavy atom. The molecular weight excluding hydrogens is 264 g/mol. The highest BCUT2D eigenvalue weighted by Crippen LogP contribution is 2.23. The lowest BCUT2D eigenvalue weighted by Crippen LogP contribution is -2.53. The van der Waals surface area contributed by atoms with Crippen molar-refractivity contribution in [1.82, 2.24) is 10.2 Å². The van der Waals surface area contributed by atoms with Crippen LogP contribution in [0, 0.1) is 11.8 Å². The number of nitrogens with zero attached hydrogens (tertiary/aromatic N) is 1. The van der Waals surface area contributed by atoms with Crippen LogP contribution in [0.5, 0.6) is 0 Å². The fraction of sp³-hybridized carbons (Fsp3) is 0.941. The summed E-state index contributed by atoms with van der Waals surface area (Å²) in [6, 6.07) is 0.270. The third kappa shape index (κ3) is 5.59. The molecule has 0 aromatic rings. The van der Waals surface area contributed by atoms with Gasteiger partial charge in [-0.15, -0.1) is 0 Å². The molecule has 3 atom stereocenters. The second-order valence-corrected chi connectivity index (χ2v) is 7.17. The van der Waals surface area contributed by atoms with Crippen molar-refractivity contribution in [2.75, 3.05) is 26.2 Å². The van der Waals surface area contributed by atoms with Gasteiger partial charge in [-0.25, -0.2) is 0 Å². The van der Waals surface area contributed by atoms with E-state index in [0.29, 0.717) is 6.61 Å². The van der Waals surface area contributed by atoms with Gasteiger partial charge in [-0.2, -0.15) is 0 Å². The number of nitrogens with one attached hydrogen (secondary N) is 1. The van der Waals surface area contributed by atoms with Gasteiger partial charge >= 0.3 is 5.97 Å². The quantitative estimate of drug-likeness (QED) is 0.700. The molecule has 1 saturated heterocycles. The molecule has 0 saturated carbocycles. The monoisotopic (exact) mass is 298 g/mol. The van der Waals surface area contributed by atoms with Gasteiger partial charge in [0.2, 0.25) is 0 Å². The zero-order valence-corrected chi connectivity index (χ0v) is 14.7. The fourth-order valence-electron chi connectivity index (χ4n) is 3.25. The molecule has 1 fully saturated rings. The van der Waals surface area contributed by atoms with E-state index in [2.05, 4.69) is 37.9 Å². The number of hydrogen-bond acceptors (Lipinski definition) is 4. The molecule has 0 amide bonds. The van der Waals surface area contributed by atoms with Crippen LogP contribution in [0.1, 0.15) is 54.4 Å². The molecule has 0 radical (unpaired) electrons. The molecule has 3 unspecified atom stereocenters. The summed E-state index contributed by atoms with van der Waals surface area (Å²) in [5, 5.41) is 3.39. The molecule has 0 aliphatic carbocycles. The maximum Gasteiger partial charge on any atom is 0.326 e. The first-order valence-electron chi connectivity index (χ1n) is 8.45. The molecular formula is C17H34N2O2. The van der Waals surface area contributed by atoms with Gasteiger partial charge in [0.05, 0.1) is 6.61 Å². The maximum absolute atomic E-state index is 12.2. The molecule has 4 nitrogen and oxygen atoms in total. The minimum absolute atomic E-state index is 0.123. The van der Waals surface area contributed by atoms with Crippen molar-refractivity contribution in [2.45, 2.75) is 66.0 Å². The van der Waals surface area contributed by atoms with Crippen molar-refractivity contribution in [3.8, 4) is 0 Å². The van der Waals surface area contributed by atoms with Crippen LogP contribution in [0.4, 0.5) is 0 Å². The van der Waals surface area contributed by atoms with E-state index in [1.807, 2.05) is 13.8 Å². The van der Waals surface area contributed by atoms with E-state index in [4.69, 9.17) is 4.74 Å². The Bertz CT molecular complexity index is 323. The first kappa shape index (κ1) is 18.4. The van der Waals surface area contributed by atoms with Crippen LogP contribution in [0.15, 0.2) is 0 Å². The lowest BCUT2D eigenvalue weighted by atomic mass is 9.94. The molecule has 1 rings (SSSR count). The van der Waals surface area contributed by atoms with E-state index < -0.39 is 5.54 Å². The van der Waals surface area contributed by atoms with E-state index >= 15 is 0 Å². The number of ether oxygens (including phenoxy) is 1. The van der Waals surface area contributed by atoms with Crippen LogP contribution in [0.25, 0.3) is 0 Å². The average Bonchev–Trinajstić information content (AvgIpc) is 2.68. The topological polar surface area (TPSA) is 41.6 Å². The molecule has 124 valence electrons. The van der Waals surface area contributed by atoms with Crippen LogP contribution in [-0.2, 0) is 9.53 Å². The van der Waals surface area contributed by atoms with Gasteiger partial charge in [-0.3, -0.25) is 10.1 Å². The summed E-state index contributed by atoms with van der Waals surface area (Å²) in [6.07, 6.45) is 1.84. The Hall–Kier alpha value is -0.610. The number of rotatable bonds is 8. The number of esters is 1. The molecule has 0 spiro atoms. The van der Waals surface area contributed by atoms with Gasteiger partial charge in [0.1, 0.15) is 5.54 Å². The highest BCUT2D eigenvalue weighted by Gasteiger charge is 2.35. The van der Waals surface area contributed by atoms with Crippen LogP contribution in [0.3, 0.4) is 0 Å². The van der Waals surface area contributed by atoms with Gasteiger partial charge in [0, 0.05) is 19.1 Å². The third-order valence-electron chi connectivity index (χ3n) is 4.55. The summed E-state index contributed by atoms with van der Waals surface area (Å²) in [6.45, 7) is 16.5.